The van der Waals surface area contributed by atoms with Crippen molar-refractivity contribution in [1.82, 2.24) is 0 Å². The number of rotatable bonds is 3. The fourth-order valence-corrected chi connectivity index (χ4v) is 1.62. The number of carbonyl (C=O) groups excluding carboxylic acids is 1. The summed E-state index contributed by atoms with van der Waals surface area (Å²) in [6.45, 7) is 5.97. The van der Waals surface area contributed by atoms with Crippen LogP contribution in [0.15, 0.2) is 11.6 Å². The number of carbonyl (C=O) groups is 1. The number of hydrogen-bond donors (Lipinski definition) is 0. The summed E-state index contributed by atoms with van der Waals surface area (Å²) in [6, 6.07) is 0. The van der Waals surface area contributed by atoms with Gasteiger partial charge >= 0.3 is 0 Å². The molecule has 0 saturated heterocycles. The molecule has 0 N–H and O–H groups in total. The van der Waals surface area contributed by atoms with Gasteiger partial charge in [0.2, 0.25) is 0 Å². The fourth-order valence-electron chi connectivity index (χ4n) is 1.62. The van der Waals surface area contributed by atoms with E-state index in [1.807, 2.05) is 0 Å². The lowest BCUT2D eigenvalue weighted by molar-refractivity contribution is -0.118. The van der Waals surface area contributed by atoms with Crippen LogP contribution >= 0.6 is 0 Å². The molecule has 1 heteroatoms. The van der Waals surface area contributed by atoms with Crippen LogP contribution in [0.3, 0.4) is 0 Å². The van der Waals surface area contributed by atoms with Gasteiger partial charge in [-0.1, -0.05) is 18.6 Å². The van der Waals surface area contributed by atoms with Crippen LogP contribution in [0.2, 0.25) is 0 Å². The minimum absolute atomic E-state index is 0.359. The van der Waals surface area contributed by atoms with Crippen molar-refractivity contribution in [2.24, 2.45) is 11.8 Å². The topological polar surface area (TPSA) is 17.1 Å². The zero-order valence-corrected chi connectivity index (χ0v) is 7.55. The monoisotopic (exact) mass is 152 g/mol. The van der Waals surface area contributed by atoms with Crippen LogP contribution in [0.25, 0.3) is 0 Å². The third kappa shape index (κ3) is 1.92. The summed E-state index contributed by atoms with van der Waals surface area (Å²) >= 11 is 0. The van der Waals surface area contributed by atoms with Gasteiger partial charge in [0.05, 0.1) is 0 Å². The molecule has 1 nitrogen and oxygen atoms in total. The van der Waals surface area contributed by atoms with Gasteiger partial charge in [-0.3, -0.25) is 4.79 Å². The second-order valence-electron chi connectivity index (χ2n) is 3.42. The maximum absolute atomic E-state index is 10.9. The highest BCUT2D eigenvalue weighted by Gasteiger charge is 2.41. The molecule has 0 aliphatic heterocycles. The first kappa shape index (κ1) is 8.51. The SMILES string of the molecule is CC/C=C(/C)C1CC1C(C)=O. The molecule has 0 bridgehead atoms. The Morgan fingerprint density at radius 3 is 2.45 bits per heavy atom. The molecule has 0 amide bonds. The van der Waals surface area contributed by atoms with Gasteiger partial charge in [-0.2, -0.15) is 0 Å². The van der Waals surface area contributed by atoms with E-state index in [9.17, 15) is 4.79 Å². The molecule has 1 rings (SSSR count). The van der Waals surface area contributed by atoms with Gasteiger partial charge in [0.25, 0.3) is 0 Å². The minimum atomic E-state index is 0.359. The second-order valence-corrected chi connectivity index (χ2v) is 3.42. The normalized spacial score (nSPS) is 30.3. The molecule has 1 aliphatic rings. The van der Waals surface area contributed by atoms with Crippen molar-refractivity contribution in [1.29, 1.82) is 0 Å². The van der Waals surface area contributed by atoms with Gasteiger partial charge in [0.1, 0.15) is 5.78 Å². The predicted molar refractivity (Wildman–Crippen MR) is 46.3 cm³/mol. The number of hydrogen-bond acceptors (Lipinski definition) is 1. The van der Waals surface area contributed by atoms with Crippen molar-refractivity contribution in [3.63, 3.8) is 0 Å². The Hall–Kier alpha value is -0.590. The number of allylic oxidation sites excluding steroid dienone is 2. The maximum atomic E-state index is 10.9. The van der Waals surface area contributed by atoms with Crippen molar-refractivity contribution < 1.29 is 4.79 Å². The average Bonchev–Trinajstić information content (AvgIpc) is 2.65. The van der Waals surface area contributed by atoms with E-state index in [-0.39, 0.29) is 0 Å². The third-order valence-electron chi connectivity index (χ3n) is 2.42. The van der Waals surface area contributed by atoms with Crippen molar-refractivity contribution in [2.75, 3.05) is 0 Å². The Kier molecular flexibility index (Phi) is 2.48. The lowest BCUT2D eigenvalue weighted by atomic mass is 10.1. The molecular weight excluding hydrogens is 136 g/mol. The average molecular weight is 152 g/mol. The van der Waals surface area contributed by atoms with Crippen LogP contribution in [-0.2, 0) is 4.79 Å². The lowest BCUT2D eigenvalue weighted by Gasteiger charge is -1.95. The largest absolute Gasteiger partial charge is 0.300 e. The molecular formula is C10H16O. The maximum Gasteiger partial charge on any atom is 0.133 e. The molecule has 0 spiro atoms. The van der Waals surface area contributed by atoms with Gasteiger partial charge in [0.15, 0.2) is 0 Å². The highest BCUT2D eigenvalue weighted by Crippen LogP contribution is 2.44. The summed E-state index contributed by atoms with van der Waals surface area (Å²) < 4.78 is 0. The molecule has 2 unspecified atom stereocenters. The molecule has 1 saturated carbocycles. The van der Waals surface area contributed by atoms with E-state index in [4.69, 9.17) is 0 Å². The van der Waals surface area contributed by atoms with E-state index < -0.39 is 0 Å². The van der Waals surface area contributed by atoms with Crippen LogP contribution in [0, 0.1) is 11.8 Å². The second kappa shape index (κ2) is 3.21. The molecule has 11 heavy (non-hydrogen) atoms. The van der Waals surface area contributed by atoms with Gasteiger partial charge in [0, 0.05) is 5.92 Å². The Balaban J connectivity index is 2.43. The molecule has 0 aromatic carbocycles. The summed E-state index contributed by atoms with van der Waals surface area (Å²) in [5, 5.41) is 0. The van der Waals surface area contributed by atoms with Gasteiger partial charge in [-0.15, -0.1) is 0 Å². The van der Waals surface area contributed by atoms with Crippen LogP contribution in [-0.4, -0.2) is 5.78 Å². The first-order valence-corrected chi connectivity index (χ1v) is 4.34. The predicted octanol–water partition coefficient (Wildman–Crippen LogP) is 2.57. The summed E-state index contributed by atoms with van der Waals surface area (Å²) in [6.07, 6.45) is 4.41. The Morgan fingerprint density at radius 2 is 2.09 bits per heavy atom. The summed E-state index contributed by atoms with van der Waals surface area (Å²) in [5.41, 5.74) is 1.41. The molecule has 0 aromatic heterocycles. The third-order valence-corrected chi connectivity index (χ3v) is 2.42. The van der Waals surface area contributed by atoms with E-state index in [2.05, 4.69) is 19.9 Å². The first-order valence-electron chi connectivity index (χ1n) is 4.34. The van der Waals surface area contributed by atoms with Crippen LogP contribution in [0.4, 0.5) is 0 Å². The fraction of sp³-hybridized carbons (Fsp3) is 0.700. The van der Waals surface area contributed by atoms with Gasteiger partial charge in [-0.25, -0.2) is 0 Å². The summed E-state index contributed by atoms with van der Waals surface area (Å²) in [4.78, 5) is 10.9. The van der Waals surface area contributed by atoms with E-state index in [1.165, 1.54) is 5.57 Å². The summed E-state index contributed by atoms with van der Waals surface area (Å²) in [7, 11) is 0. The van der Waals surface area contributed by atoms with Crippen LogP contribution in [0.5, 0.6) is 0 Å². The number of ketones is 1. The molecule has 2 atom stereocenters. The molecule has 62 valence electrons. The van der Waals surface area contributed by atoms with E-state index in [0.717, 1.165) is 12.8 Å². The van der Waals surface area contributed by atoms with Gasteiger partial charge in [-0.05, 0) is 32.6 Å². The van der Waals surface area contributed by atoms with Crippen molar-refractivity contribution in [3.05, 3.63) is 11.6 Å². The highest BCUT2D eigenvalue weighted by atomic mass is 16.1. The molecule has 0 heterocycles. The van der Waals surface area contributed by atoms with Crippen molar-refractivity contribution in [2.45, 2.75) is 33.6 Å². The highest BCUT2D eigenvalue weighted by molar-refractivity contribution is 5.81. The standard InChI is InChI=1S/C10H16O/c1-4-5-7(2)9-6-10(9)8(3)11/h5,9-10H,4,6H2,1-3H3/b7-5-. The van der Waals surface area contributed by atoms with Crippen molar-refractivity contribution >= 4 is 5.78 Å². The molecule has 1 aliphatic carbocycles. The van der Waals surface area contributed by atoms with Crippen LogP contribution < -0.4 is 0 Å². The quantitative estimate of drug-likeness (QED) is 0.568. The zero-order valence-electron chi connectivity index (χ0n) is 7.55. The molecule has 0 radical (unpaired) electrons. The minimum Gasteiger partial charge on any atom is -0.300 e. The zero-order chi connectivity index (χ0) is 8.43. The molecule has 1 fully saturated rings. The smallest absolute Gasteiger partial charge is 0.133 e. The Morgan fingerprint density at radius 1 is 1.45 bits per heavy atom. The summed E-state index contributed by atoms with van der Waals surface area (Å²) in [5.74, 6) is 1.31. The van der Waals surface area contributed by atoms with E-state index >= 15 is 0 Å². The first-order chi connectivity index (χ1) is 5.16. The van der Waals surface area contributed by atoms with E-state index in [0.29, 0.717) is 17.6 Å². The van der Waals surface area contributed by atoms with Crippen LogP contribution in [0.1, 0.15) is 33.6 Å². The lowest BCUT2D eigenvalue weighted by Crippen LogP contribution is -1.95. The van der Waals surface area contributed by atoms with Crippen molar-refractivity contribution in [3.8, 4) is 0 Å². The number of Topliss-reactive ketones (excluding diaryl/α,β-unsaturated/α-hetero) is 1. The van der Waals surface area contributed by atoms with E-state index in [1.54, 1.807) is 6.92 Å². The molecule has 0 aromatic rings. The Labute approximate surface area is 68.5 Å². The van der Waals surface area contributed by atoms with Gasteiger partial charge < -0.3 is 0 Å². The Bertz CT molecular complexity index is 191.